The third kappa shape index (κ3) is 3.21. The van der Waals surface area contributed by atoms with Crippen molar-refractivity contribution < 1.29 is 22.6 Å². The number of benzene rings is 1. The smallest absolute Gasteiger partial charge is 0.240 e. The van der Waals surface area contributed by atoms with Gasteiger partial charge in [-0.2, -0.15) is 0 Å². The fraction of sp³-hybridized carbons (Fsp3) is 0.600. The van der Waals surface area contributed by atoms with E-state index in [0.717, 1.165) is 6.42 Å². The number of hydrogen-bond donors (Lipinski definition) is 1. The van der Waals surface area contributed by atoms with Gasteiger partial charge in [-0.3, -0.25) is 0 Å². The SMILES string of the molecule is CC1CC(CNS(=O)(=O)c2ccc3c(c2)OCCO3)C(C)O1. The molecule has 3 atom stereocenters. The maximum Gasteiger partial charge on any atom is 0.240 e. The van der Waals surface area contributed by atoms with E-state index in [1.807, 2.05) is 13.8 Å². The van der Waals surface area contributed by atoms with Gasteiger partial charge in [-0.1, -0.05) is 0 Å². The number of fused-ring (bicyclic) bond motifs is 1. The van der Waals surface area contributed by atoms with Crippen LogP contribution in [-0.4, -0.2) is 40.4 Å². The fourth-order valence-electron chi connectivity index (χ4n) is 2.89. The lowest BCUT2D eigenvalue weighted by atomic mass is 10.0. The molecule has 1 N–H and O–H groups in total. The van der Waals surface area contributed by atoms with Gasteiger partial charge in [-0.25, -0.2) is 13.1 Å². The highest BCUT2D eigenvalue weighted by atomic mass is 32.2. The molecule has 0 saturated carbocycles. The molecule has 0 aromatic heterocycles. The van der Waals surface area contributed by atoms with Crippen LogP contribution >= 0.6 is 0 Å². The minimum atomic E-state index is -3.56. The Hall–Kier alpha value is -1.31. The van der Waals surface area contributed by atoms with Gasteiger partial charge in [0.25, 0.3) is 0 Å². The summed E-state index contributed by atoms with van der Waals surface area (Å²) in [4.78, 5) is 0.191. The molecule has 2 heterocycles. The summed E-state index contributed by atoms with van der Waals surface area (Å²) in [5.41, 5.74) is 0. The molecule has 0 radical (unpaired) electrons. The zero-order chi connectivity index (χ0) is 15.7. The van der Waals surface area contributed by atoms with Gasteiger partial charge in [-0.15, -0.1) is 0 Å². The van der Waals surface area contributed by atoms with E-state index in [1.54, 1.807) is 6.07 Å². The summed E-state index contributed by atoms with van der Waals surface area (Å²) in [7, 11) is -3.56. The van der Waals surface area contributed by atoms with Gasteiger partial charge in [0.15, 0.2) is 11.5 Å². The molecule has 1 aromatic rings. The van der Waals surface area contributed by atoms with E-state index in [2.05, 4.69) is 4.72 Å². The van der Waals surface area contributed by atoms with Gasteiger partial charge < -0.3 is 14.2 Å². The fourth-order valence-corrected chi connectivity index (χ4v) is 4.00. The van der Waals surface area contributed by atoms with Crippen molar-refractivity contribution in [2.75, 3.05) is 19.8 Å². The van der Waals surface area contributed by atoms with E-state index >= 15 is 0 Å². The first-order valence-electron chi connectivity index (χ1n) is 7.50. The number of rotatable bonds is 4. The topological polar surface area (TPSA) is 73.9 Å². The van der Waals surface area contributed by atoms with Crippen LogP contribution in [0.5, 0.6) is 11.5 Å². The lowest BCUT2D eigenvalue weighted by Gasteiger charge is -2.19. The van der Waals surface area contributed by atoms with Gasteiger partial charge in [0, 0.05) is 18.5 Å². The van der Waals surface area contributed by atoms with Gasteiger partial charge in [0.2, 0.25) is 10.0 Å². The first-order chi connectivity index (χ1) is 10.5. The first-order valence-corrected chi connectivity index (χ1v) is 8.99. The van der Waals surface area contributed by atoms with Crippen molar-refractivity contribution in [3.8, 4) is 11.5 Å². The summed E-state index contributed by atoms with van der Waals surface area (Å²) in [6.07, 6.45) is 1.11. The van der Waals surface area contributed by atoms with Crippen molar-refractivity contribution in [1.82, 2.24) is 4.72 Å². The monoisotopic (exact) mass is 327 g/mol. The molecular formula is C15H21NO5S. The highest BCUT2D eigenvalue weighted by Gasteiger charge is 2.30. The Balaban J connectivity index is 1.70. The Morgan fingerprint density at radius 3 is 2.59 bits per heavy atom. The summed E-state index contributed by atoms with van der Waals surface area (Å²) in [6, 6.07) is 4.67. The Bertz CT molecular complexity index is 645. The maximum atomic E-state index is 12.4. The lowest BCUT2D eigenvalue weighted by molar-refractivity contribution is 0.0566. The van der Waals surface area contributed by atoms with Crippen molar-refractivity contribution in [2.45, 2.75) is 37.4 Å². The third-order valence-electron chi connectivity index (χ3n) is 4.10. The normalized spacial score (nSPS) is 27.8. The number of sulfonamides is 1. The minimum absolute atomic E-state index is 0.0676. The van der Waals surface area contributed by atoms with Gasteiger partial charge >= 0.3 is 0 Å². The van der Waals surface area contributed by atoms with Crippen LogP contribution in [0.4, 0.5) is 0 Å². The predicted molar refractivity (Wildman–Crippen MR) is 80.7 cm³/mol. The average molecular weight is 327 g/mol. The summed E-state index contributed by atoms with van der Waals surface area (Å²) in [6.45, 7) is 5.27. The molecular weight excluding hydrogens is 306 g/mol. The van der Waals surface area contributed by atoms with Crippen molar-refractivity contribution >= 4 is 10.0 Å². The molecule has 2 aliphatic heterocycles. The standard InChI is InChI=1S/C15H21NO5S/c1-10-7-12(11(2)21-10)9-16-22(17,18)13-3-4-14-15(8-13)20-6-5-19-14/h3-4,8,10-12,16H,5-7,9H2,1-2H3. The quantitative estimate of drug-likeness (QED) is 0.908. The lowest BCUT2D eigenvalue weighted by Crippen LogP contribution is -2.32. The zero-order valence-corrected chi connectivity index (χ0v) is 13.6. The molecule has 3 rings (SSSR count). The Morgan fingerprint density at radius 1 is 1.18 bits per heavy atom. The van der Waals surface area contributed by atoms with Crippen molar-refractivity contribution in [3.63, 3.8) is 0 Å². The van der Waals surface area contributed by atoms with E-state index in [0.29, 0.717) is 31.3 Å². The van der Waals surface area contributed by atoms with Crippen LogP contribution in [0, 0.1) is 5.92 Å². The van der Waals surface area contributed by atoms with Crippen molar-refractivity contribution in [2.24, 2.45) is 5.92 Å². The molecule has 3 unspecified atom stereocenters. The van der Waals surface area contributed by atoms with E-state index in [-0.39, 0.29) is 23.0 Å². The molecule has 0 spiro atoms. The molecule has 22 heavy (non-hydrogen) atoms. The molecule has 1 saturated heterocycles. The second-order valence-electron chi connectivity index (χ2n) is 5.80. The van der Waals surface area contributed by atoms with Crippen LogP contribution in [0.2, 0.25) is 0 Å². The molecule has 0 amide bonds. The third-order valence-corrected chi connectivity index (χ3v) is 5.53. The summed E-state index contributed by atoms with van der Waals surface area (Å²) in [5, 5.41) is 0. The van der Waals surface area contributed by atoms with Crippen LogP contribution in [0.25, 0.3) is 0 Å². The summed E-state index contributed by atoms with van der Waals surface area (Å²) >= 11 is 0. The summed E-state index contributed by atoms with van der Waals surface area (Å²) in [5.74, 6) is 1.25. The van der Waals surface area contributed by atoms with Crippen molar-refractivity contribution in [1.29, 1.82) is 0 Å². The second kappa shape index (κ2) is 6.06. The van der Waals surface area contributed by atoms with Crippen LogP contribution in [0.15, 0.2) is 23.1 Å². The first kappa shape index (κ1) is 15.6. The van der Waals surface area contributed by atoms with E-state index in [9.17, 15) is 8.42 Å². The molecule has 6 nitrogen and oxygen atoms in total. The van der Waals surface area contributed by atoms with Crippen LogP contribution < -0.4 is 14.2 Å². The van der Waals surface area contributed by atoms with Crippen LogP contribution in [0.1, 0.15) is 20.3 Å². The number of hydrogen-bond acceptors (Lipinski definition) is 5. The molecule has 2 aliphatic rings. The maximum absolute atomic E-state index is 12.4. The molecule has 0 aliphatic carbocycles. The summed E-state index contributed by atoms with van der Waals surface area (Å²) < 4.78 is 44.0. The zero-order valence-electron chi connectivity index (χ0n) is 12.7. The Morgan fingerprint density at radius 2 is 1.91 bits per heavy atom. The molecule has 1 fully saturated rings. The molecule has 7 heteroatoms. The number of nitrogens with one attached hydrogen (secondary N) is 1. The minimum Gasteiger partial charge on any atom is -0.486 e. The van der Waals surface area contributed by atoms with Gasteiger partial charge in [0.1, 0.15) is 13.2 Å². The average Bonchev–Trinajstić information content (AvgIpc) is 2.82. The molecule has 122 valence electrons. The van der Waals surface area contributed by atoms with Crippen molar-refractivity contribution in [3.05, 3.63) is 18.2 Å². The Kier molecular flexibility index (Phi) is 4.29. The largest absolute Gasteiger partial charge is 0.486 e. The van der Waals surface area contributed by atoms with E-state index in [1.165, 1.54) is 12.1 Å². The predicted octanol–water partition coefficient (Wildman–Crippen LogP) is 1.55. The van der Waals surface area contributed by atoms with Gasteiger partial charge in [0.05, 0.1) is 17.1 Å². The Labute approximate surface area is 130 Å². The molecule has 1 aromatic carbocycles. The molecule has 0 bridgehead atoms. The highest BCUT2D eigenvalue weighted by molar-refractivity contribution is 7.89. The second-order valence-corrected chi connectivity index (χ2v) is 7.57. The van der Waals surface area contributed by atoms with Crippen LogP contribution in [-0.2, 0) is 14.8 Å². The van der Waals surface area contributed by atoms with E-state index in [4.69, 9.17) is 14.2 Å². The number of ether oxygens (including phenoxy) is 3. The van der Waals surface area contributed by atoms with Gasteiger partial charge in [-0.05, 0) is 32.4 Å². The van der Waals surface area contributed by atoms with Crippen LogP contribution in [0.3, 0.4) is 0 Å². The highest BCUT2D eigenvalue weighted by Crippen LogP contribution is 2.32. The van der Waals surface area contributed by atoms with E-state index < -0.39 is 10.0 Å².